The largest absolute Gasteiger partial charge is 0.328 e. The maximum atomic E-state index is 13.5. The van der Waals surface area contributed by atoms with Gasteiger partial charge in [-0.25, -0.2) is 4.68 Å². The first-order valence-corrected chi connectivity index (χ1v) is 11.8. The molecule has 0 fully saturated rings. The summed E-state index contributed by atoms with van der Waals surface area (Å²) in [6, 6.07) is 15.9. The van der Waals surface area contributed by atoms with E-state index in [4.69, 9.17) is 28.3 Å². The van der Waals surface area contributed by atoms with Gasteiger partial charge in [-0.1, -0.05) is 51.3 Å². The normalized spacial score (nSPS) is 15.0. The second kappa shape index (κ2) is 9.21. The van der Waals surface area contributed by atoms with Crippen LogP contribution < -0.4 is 10.6 Å². The van der Waals surface area contributed by atoms with E-state index in [0.717, 1.165) is 10.0 Å². The molecule has 2 aromatic carbocycles. The fourth-order valence-electron chi connectivity index (χ4n) is 3.82. The second-order valence-corrected chi connectivity index (χ2v) is 9.40. The molecule has 34 heavy (non-hydrogen) atoms. The number of allylic oxidation sites excluding steroid dienone is 1. The van der Waals surface area contributed by atoms with Crippen molar-refractivity contribution < 1.29 is 4.79 Å². The van der Waals surface area contributed by atoms with E-state index in [1.807, 2.05) is 31.2 Å². The van der Waals surface area contributed by atoms with Crippen molar-refractivity contribution in [2.75, 3.05) is 10.6 Å². The molecule has 2 N–H and O–H groups in total. The Kier molecular flexibility index (Phi) is 6.12. The summed E-state index contributed by atoms with van der Waals surface area (Å²) in [5.74, 6) is 0.663. The van der Waals surface area contributed by atoms with Crippen molar-refractivity contribution in [3.63, 3.8) is 0 Å². The van der Waals surface area contributed by atoms with Gasteiger partial charge in [0.05, 0.1) is 22.5 Å². The summed E-state index contributed by atoms with van der Waals surface area (Å²) in [7, 11) is 0. The highest BCUT2D eigenvalue weighted by Crippen LogP contribution is 2.38. The van der Waals surface area contributed by atoms with E-state index in [9.17, 15) is 4.79 Å². The van der Waals surface area contributed by atoms with Gasteiger partial charge in [0.25, 0.3) is 5.91 Å². The Hall–Kier alpha value is -3.20. The highest BCUT2D eigenvalue weighted by atomic mass is 79.9. The fraction of sp³-hybridized carbons (Fsp3) is 0.0833. The van der Waals surface area contributed by atoms with Crippen LogP contribution in [0.3, 0.4) is 0 Å². The van der Waals surface area contributed by atoms with Gasteiger partial charge in [-0.2, -0.15) is 4.98 Å². The van der Waals surface area contributed by atoms with E-state index in [-0.39, 0.29) is 5.91 Å². The van der Waals surface area contributed by atoms with E-state index < -0.39 is 6.04 Å². The Morgan fingerprint density at radius 3 is 2.65 bits per heavy atom. The average Bonchev–Trinajstić information content (AvgIpc) is 3.22. The van der Waals surface area contributed by atoms with Gasteiger partial charge in [0.1, 0.15) is 6.04 Å². The van der Waals surface area contributed by atoms with Crippen LogP contribution in [0.15, 0.2) is 82.7 Å². The summed E-state index contributed by atoms with van der Waals surface area (Å²) >= 11 is 16.0. The van der Waals surface area contributed by atoms with Gasteiger partial charge in [0.15, 0.2) is 5.82 Å². The minimum atomic E-state index is -0.520. The minimum Gasteiger partial charge on any atom is -0.328 e. The molecule has 170 valence electrons. The summed E-state index contributed by atoms with van der Waals surface area (Å²) in [6.07, 6.45) is 3.25. The first-order valence-electron chi connectivity index (χ1n) is 10.3. The zero-order valence-corrected chi connectivity index (χ0v) is 20.9. The van der Waals surface area contributed by atoms with Crippen molar-refractivity contribution in [3.05, 3.63) is 98.3 Å². The van der Waals surface area contributed by atoms with E-state index in [0.29, 0.717) is 44.3 Å². The van der Waals surface area contributed by atoms with Gasteiger partial charge < -0.3 is 10.6 Å². The van der Waals surface area contributed by atoms with Crippen LogP contribution in [0.2, 0.25) is 10.0 Å². The number of benzene rings is 2. The van der Waals surface area contributed by atoms with Gasteiger partial charge in [-0.05, 0) is 55.0 Å². The lowest BCUT2D eigenvalue weighted by molar-refractivity contribution is -0.113. The summed E-state index contributed by atoms with van der Waals surface area (Å²) in [5, 5.41) is 11.9. The van der Waals surface area contributed by atoms with Crippen molar-refractivity contribution in [3.8, 4) is 11.4 Å². The maximum Gasteiger partial charge on any atom is 0.255 e. The number of nitrogens with zero attached hydrogens (tertiary/aromatic N) is 4. The lowest BCUT2D eigenvalue weighted by Gasteiger charge is -2.28. The molecule has 0 saturated heterocycles. The van der Waals surface area contributed by atoms with E-state index in [2.05, 4.69) is 36.5 Å². The molecule has 0 radical (unpaired) electrons. The third-order valence-corrected chi connectivity index (χ3v) is 6.45. The van der Waals surface area contributed by atoms with Crippen LogP contribution in [-0.2, 0) is 4.79 Å². The molecule has 10 heteroatoms. The first-order chi connectivity index (χ1) is 16.4. The Labute approximate surface area is 214 Å². The van der Waals surface area contributed by atoms with Crippen LogP contribution in [0.1, 0.15) is 18.5 Å². The molecular weight excluding hydrogens is 539 g/mol. The van der Waals surface area contributed by atoms with E-state index in [1.165, 1.54) is 0 Å². The second-order valence-electron chi connectivity index (χ2n) is 7.64. The molecule has 1 amide bonds. The zero-order valence-electron chi connectivity index (χ0n) is 17.8. The highest BCUT2D eigenvalue weighted by molar-refractivity contribution is 9.10. The van der Waals surface area contributed by atoms with Crippen molar-refractivity contribution in [1.29, 1.82) is 0 Å². The van der Waals surface area contributed by atoms with E-state index >= 15 is 0 Å². The SMILES string of the molecule is CC1=C(C(=O)Nc2cccnc2)C(c2ccc(Br)cc2)n2nc(-c3ccc(Cl)cc3Cl)nc2N1. The molecule has 3 heterocycles. The van der Waals surface area contributed by atoms with Gasteiger partial charge in [0, 0.05) is 27.0 Å². The Morgan fingerprint density at radius 2 is 1.94 bits per heavy atom. The minimum absolute atomic E-state index is 0.266. The summed E-state index contributed by atoms with van der Waals surface area (Å²) in [5.41, 5.74) is 3.30. The van der Waals surface area contributed by atoms with Gasteiger partial charge in [-0.3, -0.25) is 9.78 Å². The molecule has 0 aliphatic carbocycles. The predicted molar refractivity (Wildman–Crippen MR) is 137 cm³/mol. The number of aromatic nitrogens is 4. The monoisotopic (exact) mass is 554 g/mol. The quantitative estimate of drug-likeness (QED) is 0.307. The number of carbonyl (C=O) groups excluding carboxylic acids is 1. The number of nitrogens with one attached hydrogen (secondary N) is 2. The maximum absolute atomic E-state index is 13.5. The molecule has 1 aliphatic heterocycles. The lowest BCUT2D eigenvalue weighted by atomic mass is 9.95. The summed E-state index contributed by atoms with van der Waals surface area (Å²) < 4.78 is 2.63. The molecule has 7 nitrogen and oxygen atoms in total. The number of pyridine rings is 1. The van der Waals surface area contributed by atoms with Crippen LogP contribution in [0.5, 0.6) is 0 Å². The topological polar surface area (TPSA) is 84.7 Å². The van der Waals surface area contributed by atoms with Crippen LogP contribution in [0.4, 0.5) is 11.6 Å². The lowest BCUT2D eigenvalue weighted by Crippen LogP contribution is -2.31. The Balaban J connectivity index is 1.61. The molecular formula is C24H17BrCl2N6O. The van der Waals surface area contributed by atoms with Crippen molar-refractivity contribution in [2.24, 2.45) is 0 Å². The van der Waals surface area contributed by atoms with Gasteiger partial charge in [-0.15, -0.1) is 5.10 Å². The smallest absolute Gasteiger partial charge is 0.255 e. The molecule has 0 saturated carbocycles. The number of amides is 1. The third kappa shape index (κ3) is 4.32. The number of anilines is 2. The number of hydrogen-bond donors (Lipinski definition) is 2. The first kappa shape index (κ1) is 22.6. The van der Waals surface area contributed by atoms with E-state index in [1.54, 1.807) is 47.4 Å². The standard InChI is InChI=1S/C24H17BrCl2N6O/c1-13-20(23(34)30-17-3-2-10-28-12-17)21(14-4-6-15(25)7-5-14)33-24(29-13)31-22(32-33)18-9-8-16(26)11-19(18)27/h2-12,21H,1H3,(H,30,34)(H,29,31,32). The van der Waals surface area contributed by atoms with Gasteiger partial charge in [0.2, 0.25) is 5.95 Å². The molecule has 2 aromatic heterocycles. The Morgan fingerprint density at radius 1 is 1.15 bits per heavy atom. The third-order valence-electron chi connectivity index (χ3n) is 5.37. The summed E-state index contributed by atoms with van der Waals surface area (Å²) in [4.78, 5) is 22.2. The highest BCUT2D eigenvalue weighted by Gasteiger charge is 2.34. The number of carbonyl (C=O) groups is 1. The molecule has 4 aromatic rings. The molecule has 1 atom stereocenters. The van der Waals surface area contributed by atoms with Crippen molar-refractivity contribution >= 4 is 56.7 Å². The predicted octanol–water partition coefficient (Wildman–Crippen LogP) is 6.34. The number of hydrogen-bond acceptors (Lipinski definition) is 5. The molecule has 0 bridgehead atoms. The molecule has 1 unspecified atom stereocenters. The fourth-order valence-corrected chi connectivity index (χ4v) is 4.58. The molecule has 0 spiro atoms. The van der Waals surface area contributed by atoms with Crippen LogP contribution in [-0.4, -0.2) is 25.7 Å². The van der Waals surface area contributed by atoms with Crippen LogP contribution in [0, 0.1) is 0 Å². The Bertz CT molecular complexity index is 1420. The summed E-state index contributed by atoms with van der Waals surface area (Å²) in [6.45, 7) is 1.84. The average molecular weight is 556 g/mol. The van der Waals surface area contributed by atoms with Crippen molar-refractivity contribution in [2.45, 2.75) is 13.0 Å². The molecule has 5 rings (SSSR count). The molecule has 1 aliphatic rings. The van der Waals surface area contributed by atoms with Gasteiger partial charge >= 0.3 is 0 Å². The zero-order chi connectivity index (χ0) is 23.8. The number of rotatable bonds is 4. The number of fused-ring (bicyclic) bond motifs is 1. The van der Waals surface area contributed by atoms with Crippen LogP contribution in [0.25, 0.3) is 11.4 Å². The van der Waals surface area contributed by atoms with Crippen LogP contribution >= 0.6 is 39.1 Å². The van der Waals surface area contributed by atoms with Crippen molar-refractivity contribution in [1.82, 2.24) is 19.7 Å². The number of halogens is 3.